The Morgan fingerprint density at radius 2 is 1.97 bits per heavy atom. The van der Waals surface area contributed by atoms with Crippen LogP contribution < -0.4 is 5.73 Å². The Hall–Kier alpha value is -3.76. The second-order valence-electron chi connectivity index (χ2n) is 9.33. The van der Waals surface area contributed by atoms with Crippen LogP contribution in [0.25, 0.3) is 32.7 Å². The molecule has 1 fully saturated rings. The highest BCUT2D eigenvalue weighted by Gasteiger charge is 2.37. The van der Waals surface area contributed by atoms with Gasteiger partial charge in [0, 0.05) is 66.2 Å². The molecule has 1 aromatic carbocycles. The summed E-state index contributed by atoms with van der Waals surface area (Å²) in [4.78, 5) is 19.2. The minimum Gasteiger partial charge on any atom is -0.398 e. The molecule has 5 heterocycles. The summed E-state index contributed by atoms with van der Waals surface area (Å²) in [6, 6.07) is 12.8. The minimum absolute atomic E-state index is 0.107. The monoisotopic (exact) mass is 520 g/mol. The van der Waals surface area contributed by atoms with Crippen LogP contribution >= 0.6 is 11.3 Å². The van der Waals surface area contributed by atoms with E-state index in [-0.39, 0.29) is 18.1 Å². The molecule has 1 aliphatic heterocycles. The van der Waals surface area contributed by atoms with Gasteiger partial charge in [0.25, 0.3) is 5.92 Å². The number of nitrogens with one attached hydrogen (secondary N) is 1. The number of fused-ring (bicyclic) bond motifs is 1. The van der Waals surface area contributed by atoms with Crippen molar-refractivity contribution < 1.29 is 13.2 Å². The van der Waals surface area contributed by atoms with Crippen molar-refractivity contribution in [3.8, 4) is 21.6 Å². The molecule has 0 saturated carbocycles. The van der Waals surface area contributed by atoms with Crippen LogP contribution in [0.3, 0.4) is 0 Å². The van der Waals surface area contributed by atoms with Crippen LogP contribution in [0.1, 0.15) is 23.4 Å². The first kappa shape index (κ1) is 23.6. The molecule has 0 spiro atoms. The third-order valence-electron chi connectivity index (χ3n) is 6.56. The van der Waals surface area contributed by atoms with E-state index in [1.807, 2.05) is 30.3 Å². The highest BCUT2D eigenvalue weighted by Crippen LogP contribution is 2.33. The number of H-pyrrole nitrogens is 1. The molecule has 3 N–H and O–H groups in total. The molecule has 188 valence electrons. The van der Waals surface area contributed by atoms with Gasteiger partial charge in [-0.25, -0.2) is 18.7 Å². The van der Waals surface area contributed by atoms with E-state index >= 15 is 0 Å². The van der Waals surface area contributed by atoms with Gasteiger partial charge in [-0.05, 0) is 53.1 Å². The van der Waals surface area contributed by atoms with Crippen LogP contribution in [0, 0.1) is 5.13 Å². The Bertz CT molecular complexity index is 1590. The minimum atomic E-state index is -2.62. The highest BCUT2D eigenvalue weighted by molar-refractivity contribution is 7.14. The summed E-state index contributed by atoms with van der Waals surface area (Å²) in [7, 11) is 0. The van der Waals surface area contributed by atoms with E-state index in [1.54, 1.807) is 29.6 Å². The summed E-state index contributed by atoms with van der Waals surface area (Å²) < 4.78 is 40.8. The lowest BCUT2D eigenvalue weighted by atomic mass is 10.0. The number of aromatic amines is 1. The molecule has 1 aliphatic rings. The number of benzene rings is 1. The molecule has 4 aromatic heterocycles. The Morgan fingerprint density at radius 3 is 2.76 bits per heavy atom. The van der Waals surface area contributed by atoms with Gasteiger partial charge in [-0.15, -0.1) is 11.3 Å². The quantitative estimate of drug-likeness (QED) is 0.272. The fraction of sp³-hybridized carbons (Fsp3) is 0.222. The summed E-state index contributed by atoms with van der Waals surface area (Å²) in [5.74, 6) is -1.93. The molecule has 0 radical (unpaired) electrons. The van der Waals surface area contributed by atoms with Crippen molar-refractivity contribution >= 4 is 28.2 Å². The number of pyridine rings is 2. The molecular weight excluding hydrogens is 497 g/mol. The van der Waals surface area contributed by atoms with Crippen molar-refractivity contribution in [3.05, 3.63) is 83.1 Å². The van der Waals surface area contributed by atoms with E-state index in [2.05, 4.69) is 19.9 Å². The van der Waals surface area contributed by atoms with Crippen LogP contribution in [0.2, 0.25) is 0 Å². The maximum absolute atomic E-state index is 13.6. The van der Waals surface area contributed by atoms with Crippen molar-refractivity contribution in [2.75, 3.05) is 18.8 Å². The normalized spacial score (nSPS) is 15.5. The number of likely N-dealkylation sites (tertiary alicyclic amines) is 1. The molecule has 5 aromatic rings. The summed E-state index contributed by atoms with van der Waals surface area (Å²) >= 11 is 1.07. The van der Waals surface area contributed by atoms with E-state index in [0.29, 0.717) is 36.7 Å². The maximum Gasteiger partial charge on any atom is 0.261 e. The average Bonchev–Trinajstić information content (AvgIpc) is 3.58. The van der Waals surface area contributed by atoms with Crippen LogP contribution in [0.4, 0.5) is 18.9 Å². The number of thiophene rings is 1. The molecule has 6 rings (SSSR count). The van der Waals surface area contributed by atoms with Crippen molar-refractivity contribution in [1.29, 1.82) is 0 Å². The number of hydrogen-bond donors (Lipinski definition) is 2. The molecular formula is C27H23F3N6S. The Morgan fingerprint density at radius 1 is 1.08 bits per heavy atom. The van der Waals surface area contributed by atoms with Gasteiger partial charge in [0.05, 0.1) is 12.1 Å². The zero-order valence-electron chi connectivity index (χ0n) is 19.7. The first-order valence-electron chi connectivity index (χ1n) is 11.9. The third-order valence-corrected chi connectivity index (χ3v) is 7.47. The van der Waals surface area contributed by atoms with Crippen LogP contribution in [0.5, 0.6) is 0 Å². The number of anilines is 1. The van der Waals surface area contributed by atoms with Gasteiger partial charge >= 0.3 is 0 Å². The van der Waals surface area contributed by atoms with E-state index < -0.39 is 5.92 Å². The maximum atomic E-state index is 13.6. The summed E-state index contributed by atoms with van der Waals surface area (Å²) in [5, 5.41) is -0.249. The second-order valence-corrected chi connectivity index (χ2v) is 10.4. The lowest BCUT2D eigenvalue weighted by molar-refractivity contribution is 0.0115. The molecule has 10 heteroatoms. The molecule has 1 saturated heterocycles. The van der Waals surface area contributed by atoms with Crippen LogP contribution in [-0.4, -0.2) is 43.8 Å². The number of nitrogens with zero attached hydrogens (tertiary/aromatic N) is 4. The number of hydrogen-bond acceptors (Lipinski definition) is 6. The van der Waals surface area contributed by atoms with Gasteiger partial charge < -0.3 is 10.7 Å². The number of nitrogens with two attached hydrogens (primary N) is 1. The topological polar surface area (TPSA) is 83.7 Å². The number of halogens is 3. The largest absolute Gasteiger partial charge is 0.398 e. The third kappa shape index (κ3) is 4.94. The molecule has 0 aliphatic carbocycles. The van der Waals surface area contributed by atoms with Crippen molar-refractivity contribution in [1.82, 2.24) is 24.8 Å². The van der Waals surface area contributed by atoms with Crippen molar-refractivity contribution in [2.45, 2.75) is 25.3 Å². The molecule has 0 atom stereocenters. The molecule has 37 heavy (non-hydrogen) atoms. The number of aromatic nitrogens is 4. The Labute approximate surface area is 215 Å². The second kappa shape index (κ2) is 9.28. The summed E-state index contributed by atoms with van der Waals surface area (Å²) in [6.45, 7) is 0.582. The SMILES string of the molecule is Nc1ccc(-c2cncc(CN3CCC(F)(F)C3)c2)cc1Cc1nc2nccc(-c3ccc(F)s3)c2[nH]1. The molecule has 0 unspecified atom stereocenters. The predicted octanol–water partition coefficient (Wildman–Crippen LogP) is 5.90. The first-order valence-corrected chi connectivity index (χ1v) is 12.7. The van der Waals surface area contributed by atoms with Crippen LogP contribution in [-0.2, 0) is 13.0 Å². The zero-order chi connectivity index (χ0) is 25.6. The zero-order valence-corrected chi connectivity index (χ0v) is 20.5. The number of nitrogen functional groups attached to an aromatic ring is 1. The van der Waals surface area contributed by atoms with Gasteiger partial charge in [-0.1, -0.05) is 6.07 Å². The average molecular weight is 521 g/mol. The smallest absolute Gasteiger partial charge is 0.261 e. The molecule has 6 nitrogen and oxygen atoms in total. The lowest BCUT2D eigenvalue weighted by Gasteiger charge is -2.16. The fourth-order valence-corrected chi connectivity index (χ4v) is 5.52. The van der Waals surface area contributed by atoms with Gasteiger partial charge in [0.15, 0.2) is 10.8 Å². The lowest BCUT2D eigenvalue weighted by Crippen LogP contribution is -2.24. The number of alkyl halides is 2. The summed E-state index contributed by atoms with van der Waals surface area (Å²) in [5.41, 5.74) is 12.7. The first-order chi connectivity index (χ1) is 17.8. The summed E-state index contributed by atoms with van der Waals surface area (Å²) in [6.07, 6.45) is 5.48. The fourth-order valence-electron chi connectivity index (χ4n) is 4.76. The highest BCUT2D eigenvalue weighted by atomic mass is 32.1. The standard InChI is InChI=1S/C27H23F3N6S/c28-23-4-3-22(37-23)20-5-7-33-26-25(20)34-24(35-26)11-18-10-17(1-2-21(18)31)19-9-16(12-32-13-19)14-36-8-6-27(29,30)15-36/h1-5,7,9-10,12-13H,6,8,11,14-15,31H2,(H,33,34,35). The van der Waals surface area contributed by atoms with Gasteiger partial charge in [0.2, 0.25) is 0 Å². The van der Waals surface area contributed by atoms with E-state index in [0.717, 1.165) is 49.5 Å². The van der Waals surface area contributed by atoms with Gasteiger partial charge in [-0.2, -0.15) is 4.39 Å². The molecule has 0 amide bonds. The predicted molar refractivity (Wildman–Crippen MR) is 139 cm³/mol. The van der Waals surface area contributed by atoms with Gasteiger partial charge in [0.1, 0.15) is 5.82 Å². The van der Waals surface area contributed by atoms with Crippen molar-refractivity contribution in [2.24, 2.45) is 0 Å². The Balaban J connectivity index is 1.26. The Kier molecular flexibility index (Phi) is 5.92. The molecule has 0 bridgehead atoms. The van der Waals surface area contributed by atoms with Gasteiger partial charge in [-0.3, -0.25) is 9.88 Å². The van der Waals surface area contributed by atoms with E-state index in [9.17, 15) is 13.2 Å². The van der Waals surface area contributed by atoms with Crippen molar-refractivity contribution in [3.63, 3.8) is 0 Å². The van der Waals surface area contributed by atoms with E-state index in [1.165, 1.54) is 6.07 Å². The number of rotatable bonds is 6. The van der Waals surface area contributed by atoms with E-state index in [4.69, 9.17) is 5.73 Å². The van der Waals surface area contributed by atoms with Crippen LogP contribution in [0.15, 0.2) is 61.1 Å². The number of imidazole rings is 1.